The van der Waals surface area contributed by atoms with Crippen molar-refractivity contribution in [2.45, 2.75) is 0 Å². The van der Waals surface area contributed by atoms with Gasteiger partial charge in [-0.25, -0.2) is 10.1 Å². The number of primary amides is 1. The Bertz CT molecular complexity index is 63.8. The van der Waals surface area contributed by atoms with Crippen LogP contribution in [0.15, 0.2) is 0 Å². The Morgan fingerprint density at radius 2 is 2.43 bits per heavy atom. The second kappa shape index (κ2) is 5.96. The first-order chi connectivity index (χ1) is 2.77. The maximum Gasteiger partial charge on any atom is 2.00 e. The van der Waals surface area contributed by atoms with Gasteiger partial charge in [0.05, 0.1) is 0 Å². The number of rotatable bonds is 1. The van der Waals surface area contributed by atoms with Gasteiger partial charge in [-0.3, -0.25) is 0 Å². The van der Waals surface area contributed by atoms with Crippen molar-refractivity contribution in [2.24, 2.45) is 5.73 Å². The fraction of sp³-hybridized carbons (Fsp3) is 0. The second-order valence-corrected chi connectivity index (χ2v) is 0.558. The standard InChI is InChI=1S/CH4N2O3.Mg.2H/c2-1(4)3-6-5;;;/h5H,(H3,2,3,4);;;/q;+2;2*-1. The first-order valence-corrected chi connectivity index (χ1v) is 1.13. The Balaban J connectivity index is -0.0000000417. The number of nitrogens with two attached hydrogens (primary N) is 1. The van der Waals surface area contributed by atoms with E-state index in [0.29, 0.717) is 0 Å². The molecule has 0 aromatic carbocycles. The molecule has 0 rings (SSSR count). The van der Waals surface area contributed by atoms with Crippen LogP contribution in [0.5, 0.6) is 0 Å². The van der Waals surface area contributed by atoms with Crippen LogP contribution in [0, 0.1) is 0 Å². The van der Waals surface area contributed by atoms with Crippen LogP contribution in [-0.2, 0) is 4.99 Å². The Morgan fingerprint density at radius 1 is 2.00 bits per heavy atom. The molecule has 0 fully saturated rings. The van der Waals surface area contributed by atoms with E-state index in [1.54, 1.807) is 0 Å². The molecule has 0 heterocycles. The van der Waals surface area contributed by atoms with E-state index in [0.717, 1.165) is 0 Å². The van der Waals surface area contributed by atoms with Crippen LogP contribution in [0.1, 0.15) is 2.85 Å². The largest absolute Gasteiger partial charge is 2.00 e. The Hall–Kier alpha value is -0.0438. The van der Waals surface area contributed by atoms with E-state index in [4.69, 9.17) is 5.26 Å². The molecule has 7 heavy (non-hydrogen) atoms. The average molecular weight is 118 g/mol. The fourth-order valence-corrected chi connectivity index (χ4v) is 0.0450. The van der Waals surface area contributed by atoms with Gasteiger partial charge in [-0.2, -0.15) is 5.48 Å². The summed E-state index contributed by atoms with van der Waals surface area (Å²) in [5.41, 5.74) is 5.77. The quantitative estimate of drug-likeness (QED) is 0.232. The zero-order valence-electron chi connectivity index (χ0n) is 5.55. The number of urea groups is 1. The van der Waals surface area contributed by atoms with Gasteiger partial charge in [0.2, 0.25) is 0 Å². The van der Waals surface area contributed by atoms with Crippen molar-refractivity contribution < 1.29 is 17.9 Å². The van der Waals surface area contributed by atoms with Crippen LogP contribution in [0.25, 0.3) is 0 Å². The van der Waals surface area contributed by atoms with Crippen molar-refractivity contribution in [3.63, 3.8) is 0 Å². The zero-order valence-corrected chi connectivity index (χ0v) is 4.96. The molecule has 0 bridgehead atoms. The SMILES string of the molecule is NC(=O)NOO.[H-].[H-].[Mg+2]. The van der Waals surface area contributed by atoms with Gasteiger partial charge in [0.1, 0.15) is 0 Å². The van der Waals surface area contributed by atoms with Crippen molar-refractivity contribution >= 4 is 29.1 Å². The summed E-state index contributed by atoms with van der Waals surface area (Å²) in [6.45, 7) is 0. The molecule has 0 aromatic rings. The topological polar surface area (TPSA) is 84.6 Å². The molecule has 6 heteroatoms. The van der Waals surface area contributed by atoms with Gasteiger partial charge in [0.15, 0.2) is 0 Å². The number of nitrogens with one attached hydrogen (secondary N) is 1. The number of hydroxylamine groups is 1. The summed E-state index contributed by atoms with van der Waals surface area (Å²) >= 11 is 0. The fourth-order valence-electron chi connectivity index (χ4n) is 0.0450. The van der Waals surface area contributed by atoms with Gasteiger partial charge >= 0.3 is 29.1 Å². The Labute approximate surface area is 58.8 Å². The van der Waals surface area contributed by atoms with Crippen LogP contribution < -0.4 is 11.2 Å². The summed E-state index contributed by atoms with van der Waals surface area (Å²) in [5, 5.41) is 7.32. The number of hydrogen-bond acceptors (Lipinski definition) is 3. The van der Waals surface area contributed by atoms with Gasteiger partial charge < -0.3 is 8.59 Å². The van der Waals surface area contributed by atoms with Crippen LogP contribution >= 0.6 is 0 Å². The molecule has 0 saturated carbocycles. The third-order valence-electron chi connectivity index (χ3n) is 0.146. The molecule has 0 aliphatic carbocycles. The molecule has 0 spiro atoms. The van der Waals surface area contributed by atoms with Gasteiger partial charge in [0, 0.05) is 0 Å². The minimum atomic E-state index is -0.933. The van der Waals surface area contributed by atoms with Crippen LogP contribution in [0.3, 0.4) is 0 Å². The number of carbonyl (C=O) groups excluding carboxylic acids is 1. The minimum absolute atomic E-state index is 0. The Morgan fingerprint density at radius 3 is 2.43 bits per heavy atom. The molecule has 2 amide bonds. The summed E-state index contributed by atoms with van der Waals surface area (Å²) < 4.78 is 0. The predicted molar refractivity (Wildman–Crippen MR) is 24.4 cm³/mol. The molecule has 40 valence electrons. The molecule has 0 aliphatic heterocycles. The smallest absolute Gasteiger partial charge is 1.00 e. The van der Waals surface area contributed by atoms with Crippen molar-refractivity contribution in [1.29, 1.82) is 0 Å². The molecule has 0 saturated heterocycles. The zero-order chi connectivity index (χ0) is 4.99. The Kier molecular flexibility index (Phi) is 8.55. The maximum atomic E-state index is 9.43. The number of carbonyl (C=O) groups is 1. The monoisotopic (exact) mass is 118 g/mol. The molecule has 0 unspecified atom stereocenters. The first kappa shape index (κ1) is 10.0. The maximum absolute atomic E-state index is 9.43. The summed E-state index contributed by atoms with van der Waals surface area (Å²) in [6.07, 6.45) is 0. The number of amides is 2. The van der Waals surface area contributed by atoms with Gasteiger partial charge in [0.25, 0.3) is 0 Å². The van der Waals surface area contributed by atoms with E-state index < -0.39 is 6.03 Å². The normalized spacial score (nSPS) is 6.43. The second-order valence-electron chi connectivity index (χ2n) is 0.558. The van der Waals surface area contributed by atoms with Crippen LogP contribution in [0.4, 0.5) is 4.79 Å². The van der Waals surface area contributed by atoms with Crippen molar-refractivity contribution in [1.82, 2.24) is 5.48 Å². The number of hydrogen-bond donors (Lipinski definition) is 3. The minimum Gasteiger partial charge on any atom is -1.00 e. The van der Waals surface area contributed by atoms with Crippen molar-refractivity contribution in [3.05, 3.63) is 0 Å². The van der Waals surface area contributed by atoms with Crippen molar-refractivity contribution in [3.8, 4) is 0 Å². The summed E-state index contributed by atoms with van der Waals surface area (Å²) in [6, 6.07) is -0.933. The molecule has 0 radical (unpaired) electrons. The van der Waals surface area contributed by atoms with Gasteiger partial charge in [-0.1, -0.05) is 0 Å². The van der Waals surface area contributed by atoms with E-state index in [1.165, 1.54) is 5.48 Å². The predicted octanol–water partition coefficient (Wildman–Crippen LogP) is -1.10. The molecule has 4 N–H and O–H groups in total. The molecular weight excluding hydrogens is 112 g/mol. The van der Waals surface area contributed by atoms with Crippen LogP contribution in [0.2, 0.25) is 0 Å². The van der Waals surface area contributed by atoms with E-state index in [-0.39, 0.29) is 25.9 Å². The van der Waals surface area contributed by atoms with Gasteiger partial charge in [-0.05, 0) is 0 Å². The molecule has 0 aliphatic rings. The van der Waals surface area contributed by atoms with Crippen molar-refractivity contribution in [2.75, 3.05) is 0 Å². The molecule has 5 nitrogen and oxygen atoms in total. The molecular formula is CH6MgN2O3. The van der Waals surface area contributed by atoms with Gasteiger partial charge in [-0.15, -0.1) is 4.99 Å². The van der Waals surface area contributed by atoms with E-state index >= 15 is 0 Å². The van der Waals surface area contributed by atoms with E-state index in [9.17, 15) is 4.79 Å². The third kappa shape index (κ3) is 10.7. The summed E-state index contributed by atoms with van der Waals surface area (Å²) in [5.74, 6) is 0. The summed E-state index contributed by atoms with van der Waals surface area (Å²) in [7, 11) is 0. The molecule has 0 atom stereocenters. The average Bonchev–Trinajstić information content (AvgIpc) is 1.35. The first-order valence-electron chi connectivity index (χ1n) is 1.13. The molecule has 0 aromatic heterocycles. The van der Waals surface area contributed by atoms with E-state index in [2.05, 4.69) is 10.7 Å². The summed E-state index contributed by atoms with van der Waals surface area (Å²) in [4.78, 5) is 12.5. The van der Waals surface area contributed by atoms with Crippen LogP contribution in [-0.4, -0.2) is 34.3 Å². The third-order valence-corrected chi connectivity index (χ3v) is 0.146. The van der Waals surface area contributed by atoms with E-state index in [1.807, 2.05) is 0 Å².